The second-order valence-corrected chi connectivity index (χ2v) is 7.15. The number of hydrogen-bond acceptors (Lipinski definition) is 6. The smallest absolute Gasteiger partial charge is 0.328 e. The van der Waals surface area contributed by atoms with Crippen LogP contribution in [0.4, 0.5) is 5.69 Å². The number of fused-ring (bicyclic) bond motifs is 1. The zero-order valence-electron chi connectivity index (χ0n) is 15.4. The van der Waals surface area contributed by atoms with Gasteiger partial charge in [0, 0.05) is 16.8 Å². The maximum Gasteiger partial charge on any atom is 0.328 e. The van der Waals surface area contributed by atoms with Gasteiger partial charge in [-0.1, -0.05) is 12.1 Å². The number of carbonyl (C=O) groups excluding carboxylic acids is 1. The van der Waals surface area contributed by atoms with Gasteiger partial charge in [-0.15, -0.1) is 11.8 Å². The Hall–Kier alpha value is -3.46. The van der Waals surface area contributed by atoms with E-state index in [9.17, 15) is 14.4 Å². The predicted molar refractivity (Wildman–Crippen MR) is 109 cm³/mol. The van der Waals surface area contributed by atoms with Gasteiger partial charge >= 0.3 is 5.69 Å². The summed E-state index contributed by atoms with van der Waals surface area (Å²) in [4.78, 5) is 41.1. The number of amides is 1. The number of H-pyrrole nitrogens is 1. The highest BCUT2D eigenvalue weighted by atomic mass is 32.2. The van der Waals surface area contributed by atoms with Gasteiger partial charge in [-0.05, 0) is 42.2 Å². The van der Waals surface area contributed by atoms with Crippen LogP contribution in [0.1, 0.15) is 15.9 Å². The van der Waals surface area contributed by atoms with Crippen LogP contribution in [0.15, 0.2) is 63.1 Å². The Bertz CT molecular complexity index is 1200. The fraction of sp³-hybridized carbons (Fsp3) is 0.150. The van der Waals surface area contributed by atoms with Crippen molar-refractivity contribution in [3.63, 3.8) is 0 Å². The van der Waals surface area contributed by atoms with Gasteiger partial charge in [0.1, 0.15) is 5.56 Å². The van der Waals surface area contributed by atoms with Gasteiger partial charge < -0.3 is 19.8 Å². The van der Waals surface area contributed by atoms with Gasteiger partial charge in [0.15, 0.2) is 11.5 Å². The molecule has 0 saturated heterocycles. The Morgan fingerprint density at radius 3 is 2.83 bits per heavy atom. The van der Waals surface area contributed by atoms with Crippen LogP contribution in [0.25, 0.3) is 0 Å². The lowest BCUT2D eigenvalue weighted by Crippen LogP contribution is -2.39. The van der Waals surface area contributed by atoms with Crippen molar-refractivity contribution in [1.29, 1.82) is 0 Å². The molecule has 1 amide bonds. The molecule has 0 aliphatic carbocycles. The van der Waals surface area contributed by atoms with Crippen LogP contribution in [0, 0.1) is 0 Å². The van der Waals surface area contributed by atoms with E-state index in [2.05, 4.69) is 10.3 Å². The summed E-state index contributed by atoms with van der Waals surface area (Å²) in [6.45, 7) is 0.126. The Kier molecular flexibility index (Phi) is 5.13. The first kappa shape index (κ1) is 18.9. The van der Waals surface area contributed by atoms with Crippen LogP contribution in [-0.4, -0.2) is 28.5 Å². The third-order valence-electron chi connectivity index (χ3n) is 4.41. The molecule has 1 aromatic heterocycles. The zero-order chi connectivity index (χ0) is 20.4. The predicted octanol–water partition coefficient (Wildman–Crippen LogP) is 2.29. The number of anilines is 1. The van der Waals surface area contributed by atoms with E-state index in [0.717, 1.165) is 15.7 Å². The van der Waals surface area contributed by atoms with E-state index in [1.165, 1.54) is 11.8 Å². The molecule has 0 saturated carbocycles. The first-order chi connectivity index (χ1) is 14.0. The lowest BCUT2D eigenvalue weighted by Gasteiger charge is -2.09. The molecule has 1 aliphatic heterocycles. The highest BCUT2D eigenvalue weighted by Crippen LogP contribution is 2.32. The molecule has 0 spiro atoms. The normalized spacial score (nSPS) is 12.0. The maximum absolute atomic E-state index is 12.8. The Morgan fingerprint density at radius 1 is 1.17 bits per heavy atom. The monoisotopic (exact) mass is 411 g/mol. The Balaban J connectivity index is 1.61. The fourth-order valence-electron chi connectivity index (χ4n) is 2.94. The molecule has 2 N–H and O–H groups in total. The van der Waals surface area contributed by atoms with Gasteiger partial charge in [-0.2, -0.15) is 0 Å². The molecule has 0 unspecified atom stereocenters. The quantitative estimate of drug-likeness (QED) is 0.625. The second-order valence-electron chi connectivity index (χ2n) is 6.27. The van der Waals surface area contributed by atoms with Gasteiger partial charge in [-0.25, -0.2) is 4.79 Å². The molecule has 8 nitrogen and oxygen atoms in total. The molecule has 1 aliphatic rings. The highest BCUT2D eigenvalue weighted by Gasteiger charge is 2.17. The second kappa shape index (κ2) is 7.88. The molecule has 29 heavy (non-hydrogen) atoms. The third kappa shape index (κ3) is 3.90. The average molecular weight is 411 g/mol. The van der Waals surface area contributed by atoms with Crippen molar-refractivity contribution < 1.29 is 14.3 Å². The van der Waals surface area contributed by atoms with E-state index >= 15 is 0 Å². The van der Waals surface area contributed by atoms with E-state index in [1.807, 2.05) is 18.4 Å². The number of thioether (sulfide) groups is 1. The van der Waals surface area contributed by atoms with Crippen LogP contribution >= 0.6 is 11.8 Å². The van der Waals surface area contributed by atoms with Crippen LogP contribution in [0.3, 0.4) is 0 Å². The average Bonchev–Trinajstić information content (AvgIpc) is 3.19. The SMILES string of the molecule is CSc1cccc(NC(=O)c2c[nH]c(=O)n(Cc3ccc4c(c3)OCO4)c2=O)c1. The molecule has 9 heteroatoms. The van der Waals surface area contributed by atoms with Crippen molar-refractivity contribution in [2.45, 2.75) is 11.4 Å². The standard InChI is InChI=1S/C20H17N3O5S/c1-29-14-4-2-3-13(8-14)22-18(24)15-9-21-20(26)23(19(15)25)10-12-5-6-16-17(7-12)28-11-27-16/h2-9H,10-11H2,1H3,(H,21,26)(H,22,24). The molecule has 2 aromatic carbocycles. The molecule has 0 radical (unpaired) electrons. The molecule has 0 atom stereocenters. The molecule has 0 fully saturated rings. The molecular formula is C20H17N3O5S. The summed E-state index contributed by atoms with van der Waals surface area (Å²) in [5.74, 6) is 0.564. The summed E-state index contributed by atoms with van der Waals surface area (Å²) >= 11 is 1.54. The fourth-order valence-corrected chi connectivity index (χ4v) is 3.40. The minimum absolute atomic E-state index is 0.00606. The number of rotatable bonds is 5. The van der Waals surface area contributed by atoms with Crippen molar-refractivity contribution in [2.24, 2.45) is 0 Å². The minimum atomic E-state index is -0.676. The van der Waals surface area contributed by atoms with E-state index in [1.54, 1.807) is 30.3 Å². The van der Waals surface area contributed by atoms with Crippen molar-refractivity contribution in [3.8, 4) is 11.5 Å². The number of nitrogens with one attached hydrogen (secondary N) is 2. The lowest BCUT2D eigenvalue weighted by atomic mass is 10.2. The summed E-state index contributed by atoms with van der Waals surface area (Å²) in [7, 11) is 0. The topological polar surface area (TPSA) is 102 Å². The number of ether oxygens (including phenoxy) is 2. The molecule has 2 heterocycles. The number of nitrogens with zero attached hydrogens (tertiary/aromatic N) is 1. The Morgan fingerprint density at radius 2 is 2.00 bits per heavy atom. The van der Waals surface area contributed by atoms with Crippen molar-refractivity contribution in [1.82, 2.24) is 9.55 Å². The van der Waals surface area contributed by atoms with Crippen molar-refractivity contribution >= 4 is 23.4 Å². The van der Waals surface area contributed by atoms with E-state index in [4.69, 9.17) is 9.47 Å². The largest absolute Gasteiger partial charge is 0.454 e. The number of aromatic amines is 1. The van der Waals surface area contributed by atoms with E-state index in [-0.39, 0.29) is 18.9 Å². The van der Waals surface area contributed by atoms with Crippen molar-refractivity contribution in [3.05, 3.63) is 80.6 Å². The first-order valence-corrected chi connectivity index (χ1v) is 9.94. The summed E-state index contributed by atoms with van der Waals surface area (Å²) in [5, 5.41) is 2.69. The van der Waals surface area contributed by atoms with Gasteiger partial charge in [-0.3, -0.25) is 14.2 Å². The van der Waals surface area contributed by atoms with E-state index in [0.29, 0.717) is 22.7 Å². The Labute approximate surface area is 169 Å². The van der Waals surface area contributed by atoms with Crippen LogP contribution in [0.5, 0.6) is 11.5 Å². The number of aromatic nitrogens is 2. The lowest BCUT2D eigenvalue weighted by molar-refractivity contribution is 0.102. The van der Waals surface area contributed by atoms with Crippen LogP contribution in [-0.2, 0) is 6.54 Å². The molecular weight excluding hydrogens is 394 g/mol. The van der Waals surface area contributed by atoms with Gasteiger partial charge in [0.05, 0.1) is 6.54 Å². The summed E-state index contributed by atoms with van der Waals surface area (Å²) in [6, 6.07) is 12.4. The number of benzene rings is 2. The first-order valence-electron chi connectivity index (χ1n) is 8.71. The number of carbonyl (C=O) groups is 1. The van der Waals surface area contributed by atoms with Gasteiger partial charge in [0.25, 0.3) is 11.5 Å². The third-order valence-corrected chi connectivity index (χ3v) is 5.14. The summed E-state index contributed by atoms with van der Waals surface area (Å²) in [5.41, 5.74) is -0.194. The minimum Gasteiger partial charge on any atom is -0.454 e. The maximum atomic E-state index is 12.8. The molecule has 4 rings (SSSR count). The van der Waals surface area contributed by atoms with Crippen molar-refractivity contribution in [2.75, 3.05) is 18.4 Å². The molecule has 3 aromatic rings. The van der Waals surface area contributed by atoms with Crippen LogP contribution < -0.4 is 26.0 Å². The number of hydrogen-bond donors (Lipinski definition) is 2. The zero-order valence-corrected chi connectivity index (χ0v) is 16.2. The highest BCUT2D eigenvalue weighted by molar-refractivity contribution is 7.98. The summed E-state index contributed by atoms with van der Waals surface area (Å²) < 4.78 is 11.6. The summed E-state index contributed by atoms with van der Waals surface area (Å²) in [6.07, 6.45) is 3.06. The van der Waals surface area contributed by atoms with Gasteiger partial charge in [0.2, 0.25) is 6.79 Å². The van der Waals surface area contributed by atoms with Crippen LogP contribution in [0.2, 0.25) is 0 Å². The van der Waals surface area contributed by atoms with E-state index < -0.39 is 17.2 Å². The molecule has 148 valence electrons. The molecule has 0 bridgehead atoms.